The van der Waals surface area contributed by atoms with E-state index in [1.54, 1.807) is 0 Å². The lowest BCUT2D eigenvalue weighted by molar-refractivity contribution is -0.127. The highest BCUT2D eigenvalue weighted by atomic mass is 16.2. The van der Waals surface area contributed by atoms with Crippen LogP contribution in [0.4, 0.5) is 0 Å². The van der Waals surface area contributed by atoms with Gasteiger partial charge < -0.3 is 10.6 Å². The number of hydrogen-bond donors (Lipinski definition) is 2. The van der Waals surface area contributed by atoms with Crippen molar-refractivity contribution in [2.75, 3.05) is 6.54 Å². The zero-order valence-electron chi connectivity index (χ0n) is 12.7. The first kappa shape index (κ1) is 13.1. The van der Waals surface area contributed by atoms with Crippen LogP contribution in [0, 0.1) is 23.2 Å². The van der Waals surface area contributed by atoms with E-state index in [9.17, 15) is 4.79 Å². The molecule has 0 radical (unpaired) electrons. The van der Waals surface area contributed by atoms with Crippen LogP contribution in [0.5, 0.6) is 0 Å². The molecule has 0 aromatic rings. The fraction of sp³-hybridized carbons (Fsp3) is 0.941. The van der Waals surface area contributed by atoms with E-state index in [1.807, 2.05) is 0 Å². The highest BCUT2D eigenvalue weighted by Gasteiger charge is 2.53. The third-order valence-electron chi connectivity index (χ3n) is 6.74. The van der Waals surface area contributed by atoms with Gasteiger partial charge in [-0.2, -0.15) is 0 Å². The fourth-order valence-corrected chi connectivity index (χ4v) is 6.08. The van der Waals surface area contributed by atoms with Gasteiger partial charge in [0.15, 0.2) is 0 Å². The summed E-state index contributed by atoms with van der Waals surface area (Å²) in [5, 5.41) is 6.70. The topological polar surface area (TPSA) is 41.1 Å². The second kappa shape index (κ2) is 4.72. The number of rotatable bonds is 3. The van der Waals surface area contributed by atoms with Gasteiger partial charge in [-0.05, 0) is 88.0 Å². The van der Waals surface area contributed by atoms with Gasteiger partial charge in [0.2, 0.25) is 5.91 Å². The van der Waals surface area contributed by atoms with E-state index in [1.165, 1.54) is 38.5 Å². The van der Waals surface area contributed by atoms with Crippen molar-refractivity contribution >= 4 is 5.91 Å². The third-order valence-corrected chi connectivity index (χ3v) is 6.74. The van der Waals surface area contributed by atoms with Crippen molar-refractivity contribution in [1.82, 2.24) is 10.6 Å². The highest BCUT2D eigenvalue weighted by Crippen LogP contribution is 2.61. The molecule has 1 aliphatic heterocycles. The lowest BCUT2D eigenvalue weighted by Crippen LogP contribution is -2.57. The summed E-state index contributed by atoms with van der Waals surface area (Å²) in [4.78, 5) is 12.4. The molecule has 1 saturated heterocycles. The molecule has 20 heavy (non-hydrogen) atoms. The third kappa shape index (κ3) is 2.09. The molecule has 3 nitrogen and oxygen atoms in total. The normalized spacial score (nSPS) is 47.5. The Morgan fingerprint density at radius 3 is 2.25 bits per heavy atom. The minimum atomic E-state index is 0.0753. The lowest BCUT2D eigenvalue weighted by atomic mass is 9.48. The van der Waals surface area contributed by atoms with E-state index >= 15 is 0 Å². The summed E-state index contributed by atoms with van der Waals surface area (Å²) in [6, 6.07) is 0.442. The Labute approximate surface area is 122 Å². The summed E-state index contributed by atoms with van der Waals surface area (Å²) < 4.78 is 0. The second-order valence-electron chi connectivity index (χ2n) is 8.16. The van der Waals surface area contributed by atoms with Crippen LogP contribution in [0.2, 0.25) is 0 Å². The fourth-order valence-electron chi connectivity index (χ4n) is 6.08. The summed E-state index contributed by atoms with van der Waals surface area (Å²) in [5.41, 5.74) is 0.434. The monoisotopic (exact) mass is 276 g/mol. The van der Waals surface area contributed by atoms with Crippen LogP contribution in [-0.4, -0.2) is 24.5 Å². The van der Waals surface area contributed by atoms with Crippen molar-refractivity contribution < 1.29 is 4.79 Å². The van der Waals surface area contributed by atoms with Gasteiger partial charge >= 0.3 is 0 Å². The molecule has 2 N–H and O–H groups in total. The Hall–Kier alpha value is -0.570. The summed E-state index contributed by atoms with van der Waals surface area (Å²) >= 11 is 0. The molecular weight excluding hydrogens is 248 g/mol. The Morgan fingerprint density at radius 1 is 1.15 bits per heavy atom. The van der Waals surface area contributed by atoms with E-state index in [0.29, 0.717) is 11.5 Å². The standard InChI is InChI=1S/C17H28N2O/c1-11(19-16(20)15-3-2-4-18-15)17-8-12-5-13(9-17)7-14(6-12)10-17/h11-15,18H,2-10H2,1H3,(H,19,20). The van der Waals surface area contributed by atoms with E-state index in [2.05, 4.69) is 17.6 Å². The number of hydrogen-bond acceptors (Lipinski definition) is 2. The van der Waals surface area contributed by atoms with Crippen LogP contribution in [0.25, 0.3) is 0 Å². The predicted octanol–water partition coefficient (Wildman–Crippen LogP) is 2.46. The maximum atomic E-state index is 12.4. The predicted molar refractivity (Wildman–Crippen MR) is 79.2 cm³/mol. The Morgan fingerprint density at radius 2 is 1.75 bits per heavy atom. The van der Waals surface area contributed by atoms with Gasteiger partial charge in [-0.3, -0.25) is 4.79 Å². The molecule has 4 bridgehead atoms. The quantitative estimate of drug-likeness (QED) is 0.831. The molecule has 2 atom stereocenters. The lowest BCUT2D eigenvalue weighted by Gasteiger charge is -2.59. The Balaban J connectivity index is 1.45. The number of carbonyl (C=O) groups is 1. The van der Waals surface area contributed by atoms with Crippen molar-refractivity contribution in [3.8, 4) is 0 Å². The molecule has 0 aromatic heterocycles. The van der Waals surface area contributed by atoms with Gasteiger partial charge in [-0.15, -0.1) is 0 Å². The SMILES string of the molecule is CC(NC(=O)C1CCCN1)C12CC3CC(CC(C3)C1)C2. The van der Waals surface area contributed by atoms with Crippen LogP contribution in [0.1, 0.15) is 58.3 Å². The van der Waals surface area contributed by atoms with Crippen LogP contribution < -0.4 is 10.6 Å². The molecule has 0 aromatic carbocycles. The van der Waals surface area contributed by atoms with Crippen molar-refractivity contribution in [3.63, 3.8) is 0 Å². The smallest absolute Gasteiger partial charge is 0.237 e. The average molecular weight is 276 g/mol. The van der Waals surface area contributed by atoms with Crippen LogP contribution in [-0.2, 0) is 4.79 Å². The molecule has 1 amide bonds. The summed E-state index contributed by atoms with van der Waals surface area (Å²) in [6.45, 7) is 3.28. The van der Waals surface area contributed by atoms with Gasteiger partial charge in [0.05, 0.1) is 6.04 Å². The van der Waals surface area contributed by atoms with Gasteiger partial charge in [0.1, 0.15) is 0 Å². The molecule has 5 rings (SSSR count). The zero-order chi connectivity index (χ0) is 13.7. The highest BCUT2D eigenvalue weighted by molar-refractivity contribution is 5.82. The average Bonchev–Trinajstić information content (AvgIpc) is 2.90. The van der Waals surface area contributed by atoms with Gasteiger partial charge in [-0.25, -0.2) is 0 Å². The van der Waals surface area contributed by atoms with Crippen molar-refractivity contribution in [2.24, 2.45) is 23.2 Å². The minimum Gasteiger partial charge on any atom is -0.352 e. The Kier molecular flexibility index (Phi) is 3.10. The Bertz CT molecular complexity index is 365. The number of amides is 1. The zero-order valence-corrected chi connectivity index (χ0v) is 12.7. The van der Waals surface area contributed by atoms with Crippen molar-refractivity contribution in [1.29, 1.82) is 0 Å². The van der Waals surface area contributed by atoms with Gasteiger partial charge in [0.25, 0.3) is 0 Å². The molecule has 4 saturated carbocycles. The van der Waals surface area contributed by atoms with E-state index in [0.717, 1.165) is 37.1 Å². The van der Waals surface area contributed by atoms with Crippen molar-refractivity contribution in [2.45, 2.75) is 70.4 Å². The van der Waals surface area contributed by atoms with Gasteiger partial charge in [-0.1, -0.05) is 0 Å². The second-order valence-corrected chi connectivity index (χ2v) is 8.16. The first-order chi connectivity index (χ1) is 9.64. The maximum Gasteiger partial charge on any atom is 0.237 e. The van der Waals surface area contributed by atoms with Crippen LogP contribution >= 0.6 is 0 Å². The minimum absolute atomic E-state index is 0.0753. The van der Waals surface area contributed by atoms with E-state index in [4.69, 9.17) is 0 Å². The van der Waals surface area contributed by atoms with Gasteiger partial charge in [0, 0.05) is 6.04 Å². The molecule has 5 fully saturated rings. The van der Waals surface area contributed by atoms with Crippen LogP contribution in [0.15, 0.2) is 0 Å². The molecule has 3 heteroatoms. The first-order valence-corrected chi connectivity index (χ1v) is 8.68. The first-order valence-electron chi connectivity index (χ1n) is 8.68. The summed E-state index contributed by atoms with van der Waals surface area (Å²) in [7, 11) is 0. The molecule has 0 spiro atoms. The number of carbonyl (C=O) groups excluding carboxylic acids is 1. The van der Waals surface area contributed by atoms with E-state index < -0.39 is 0 Å². The number of nitrogens with one attached hydrogen (secondary N) is 2. The van der Waals surface area contributed by atoms with E-state index in [-0.39, 0.29) is 11.9 Å². The summed E-state index contributed by atoms with van der Waals surface area (Å²) in [5.74, 6) is 3.14. The molecular formula is C17H28N2O. The molecule has 5 aliphatic rings. The molecule has 2 unspecified atom stereocenters. The molecule has 4 aliphatic carbocycles. The summed E-state index contributed by atoms with van der Waals surface area (Å²) in [6.07, 6.45) is 10.7. The molecule has 112 valence electrons. The maximum absolute atomic E-state index is 12.4. The van der Waals surface area contributed by atoms with Crippen LogP contribution in [0.3, 0.4) is 0 Å². The van der Waals surface area contributed by atoms with Crippen molar-refractivity contribution in [3.05, 3.63) is 0 Å². The molecule has 1 heterocycles. The largest absolute Gasteiger partial charge is 0.352 e.